The number of nitrogens with one attached hydrogen (secondary N) is 1. The number of methoxy groups -OCH3 is 3. The SMILES string of the molecule is COc1cc(C(C(=O)N2CCCCC2C(=O)NC(CCO)C(N)=O)C2CCCCC2)cc(OC)c1OC. The van der Waals surface area contributed by atoms with Gasteiger partial charge in [0.25, 0.3) is 0 Å². The molecule has 0 bridgehead atoms. The van der Waals surface area contributed by atoms with Gasteiger partial charge in [-0.2, -0.15) is 0 Å². The van der Waals surface area contributed by atoms with Crippen molar-refractivity contribution >= 4 is 17.7 Å². The van der Waals surface area contributed by atoms with Gasteiger partial charge in [-0.25, -0.2) is 0 Å². The fourth-order valence-corrected chi connectivity index (χ4v) is 5.69. The highest BCUT2D eigenvalue weighted by Crippen LogP contribution is 2.45. The first kappa shape index (κ1) is 28.6. The first-order chi connectivity index (χ1) is 17.9. The van der Waals surface area contributed by atoms with E-state index < -0.39 is 29.8 Å². The standard InChI is InChI=1S/C27H41N3O7/c1-35-21-15-18(16-22(36-2)24(21)37-3)23(17-9-5-4-6-10-17)27(34)30-13-8-7-11-20(30)26(33)29-19(12-14-31)25(28)32/h15-17,19-20,23,31H,4-14H2,1-3H3,(H2,28,32)(H,29,33). The average Bonchev–Trinajstić information content (AvgIpc) is 2.92. The number of hydrogen-bond donors (Lipinski definition) is 3. The van der Waals surface area contributed by atoms with Crippen LogP contribution in [0.15, 0.2) is 12.1 Å². The normalized spacial score (nSPS) is 20.0. The van der Waals surface area contributed by atoms with Crippen LogP contribution >= 0.6 is 0 Å². The minimum atomic E-state index is -0.986. The van der Waals surface area contributed by atoms with Gasteiger partial charge in [0.15, 0.2) is 11.5 Å². The fourth-order valence-electron chi connectivity index (χ4n) is 5.69. The quantitative estimate of drug-likeness (QED) is 0.407. The highest BCUT2D eigenvalue weighted by Gasteiger charge is 2.40. The van der Waals surface area contributed by atoms with Gasteiger partial charge >= 0.3 is 0 Å². The lowest BCUT2D eigenvalue weighted by atomic mass is 9.75. The predicted molar refractivity (Wildman–Crippen MR) is 138 cm³/mol. The van der Waals surface area contributed by atoms with Crippen LogP contribution in [-0.2, 0) is 14.4 Å². The van der Waals surface area contributed by atoms with E-state index in [4.69, 9.17) is 19.9 Å². The second-order valence-corrected chi connectivity index (χ2v) is 9.85. The van der Waals surface area contributed by atoms with Crippen LogP contribution in [0.3, 0.4) is 0 Å². The summed E-state index contributed by atoms with van der Waals surface area (Å²) in [6.45, 7) is 0.165. The number of nitrogens with two attached hydrogens (primary N) is 1. The predicted octanol–water partition coefficient (Wildman–Crippen LogP) is 2.11. The van der Waals surface area contributed by atoms with E-state index in [1.54, 1.807) is 19.1 Å². The zero-order valence-electron chi connectivity index (χ0n) is 22.2. The number of amides is 3. The first-order valence-corrected chi connectivity index (χ1v) is 13.2. The third-order valence-electron chi connectivity index (χ3n) is 7.60. The molecule has 3 amide bonds. The Morgan fingerprint density at radius 2 is 1.62 bits per heavy atom. The molecule has 1 aromatic rings. The average molecular weight is 520 g/mol. The Morgan fingerprint density at radius 1 is 1.00 bits per heavy atom. The van der Waals surface area contributed by atoms with Gasteiger partial charge in [0.05, 0.1) is 27.2 Å². The van der Waals surface area contributed by atoms with Gasteiger partial charge in [0.1, 0.15) is 12.1 Å². The maximum absolute atomic E-state index is 14.3. The molecule has 10 nitrogen and oxygen atoms in total. The molecule has 0 spiro atoms. The van der Waals surface area contributed by atoms with Gasteiger partial charge in [0.2, 0.25) is 23.5 Å². The number of piperidine rings is 1. The number of rotatable bonds is 11. The Morgan fingerprint density at radius 3 is 2.16 bits per heavy atom. The lowest BCUT2D eigenvalue weighted by molar-refractivity contribution is -0.145. The number of hydrogen-bond acceptors (Lipinski definition) is 7. The van der Waals surface area contributed by atoms with Crippen molar-refractivity contribution in [3.05, 3.63) is 17.7 Å². The summed E-state index contributed by atoms with van der Waals surface area (Å²) in [7, 11) is 4.63. The second kappa shape index (κ2) is 13.5. The molecule has 10 heteroatoms. The van der Waals surface area contributed by atoms with E-state index in [2.05, 4.69) is 5.32 Å². The van der Waals surface area contributed by atoms with Crippen molar-refractivity contribution in [2.75, 3.05) is 34.5 Å². The molecule has 1 aliphatic carbocycles. The summed E-state index contributed by atoms with van der Waals surface area (Å²) in [4.78, 5) is 41.0. The molecule has 2 aliphatic rings. The highest BCUT2D eigenvalue weighted by molar-refractivity contribution is 5.93. The molecule has 0 radical (unpaired) electrons. The number of carbonyl (C=O) groups is 3. The maximum Gasteiger partial charge on any atom is 0.243 e. The topological polar surface area (TPSA) is 140 Å². The monoisotopic (exact) mass is 519 g/mol. The number of primary amides is 1. The molecular weight excluding hydrogens is 478 g/mol. The van der Waals surface area contributed by atoms with Crippen LogP contribution in [0.25, 0.3) is 0 Å². The van der Waals surface area contributed by atoms with Gasteiger partial charge in [0, 0.05) is 13.2 Å². The summed E-state index contributed by atoms with van der Waals surface area (Å²) >= 11 is 0. The fraction of sp³-hybridized carbons (Fsp3) is 0.667. The number of aliphatic hydroxyl groups excluding tert-OH is 1. The van der Waals surface area contributed by atoms with Crippen LogP contribution < -0.4 is 25.3 Å². The van der Waals surface area contributed by atoms with E-state index in [0.717, 1.165) is 50.5 Å². The molecule has 3 rings (SSSR count). The van der Waals surface area contributed by atoms with Crippen LogP contribution in [0.1, 0.15) is 69.3 Å². The number of likely N-dealkylation sites (tertiary alicyclic amines) is 1. The molecule has 1 aromatic carbocycles. The van der Waals surface area contributed by atoms with E-state index in [-0.39, 0.29) is 24.9 Å². The van der Waals surface area contributed by atoms with Crippen molar-refractivity contribution in [3.8, 4) is 17.2 Å². The molecule has 1 saturated carbocycles. The zero-order chi connectivity index (χ0) is 26.9. The van der Waals surface area contributed by atoms with E-state index in [9.17, 15) is 19.5 Å². The van der Waals surface area contributed by atoms with Gasteiger partial charge in [-0.05, 0) is 62.1 Å². The number of ether oxygens (including phenoxy) is 3. The number of aliphatic hydroxyl groups is 1. The minimum absolute atomic E-state index is 0.0257. The summed E-state index contributed by atoms with van der Waals surface area (Å²) in [5.41, 5.74) is 6.19. The van der Waals surface area contributed by atoms with Crippen molar-refractivity contribution < 1.29 is 33.7 Å². The highest BCUT2D eigenvalue weighted by atomic mass is 16.5. The lowest BCUT2D eigenvalue weighted by Crippen LogP contribution is -2.57. The molecule has 1 aliphatic heterocycles. The third-order valence-corrected chi connectivity index (χ3v) is 7.60. The Labute approximate surface area is 218 Å². The lowest BCUT2D eigenvalue weighted by Gasteiger charge is -2.40. The maximum atomic E-state index is 14.3. The van der Waals surface area contributed by atoms with Crippen LogP contribution in [0.5, 0.6) is 17.2 Å². The molecule has 1 heterocycles. The first-order valence-electron chi connectivity index (χ1n) is 13.2. The molecule has 3 unspecified atom stereocenters. The van der Waals surface area contributed by atoms with Crippen LogP contribution in [-0.4, -0.2) is 74.3 Å². The molecule has 0 aromatic heterocycles. The molecule has 2 fully saturated rings. The van der Waals surface area contributed by atoms with Crippen molar-refractivity contribution in [3.63, 3.8) is 0 Å². The number of nitrogens with zero attached hydrogens (tertiary/aromatic N) is 1. The summed E-state index contributed by atoms with van der Waals surface area (Å²) in [6.07, 6.45) is 7.16. The van der Waals surface area contributed by atoms with E-state index in [1.807, 2.05) is 12.1 Å². The van der Waals surface area contributed by atoms with E-state index >= 15 is 0 Å². The Balaban J connectivity index is 1.98. The summed E-state index contributed by atoms with van der Waals surface area (Å²) in [6, 6.07) is 1.97. The van der Waals surface area contributed by atoms with Crippen molar-refractivity contribution in [1.29, 1.82) is 0 Å². The smallest absolute Gasteiger partial charge is 0.243 e. The van der Waals surface area contributed by atoms with Gasteiger partial charge < -0.3 is 35.3 Å². The van der Waals surface area contributed by atoms with Crippen molar-refractivity contribution in [1.82, 2.24) is 10.2 Å². The van der Waals surface area contributed by atoms with Gasteiger partial charge in [-0.1, -0.05) is 19.3 Å². The van der Waals surface area contributed by atoms with Crippen LogP contribution in [0.4, 0.5) is 0 Å². The summed E-state index contributed by atoms with van der Waals surface area (Å²) in [5.74, 6) is -0.196. The number of benzene rings is 1. The van der Waals surface area contributed by atoms with Crippen molar-refractivity contribution in [2.45, 2.75) is 75.8 Å². The van der Waals surface area contributed by atoms with Gasteiger partial charge in [-0.3, -0.25) is 14.4 Å². The molecule has 37 heavy (non-hydrogen) atoms. The minimum Gasteiger partial charge on any atom is -0.493 e. The van der Waals surface area contributed by atoms with Crippen molar-refractivity contribution in [2.24, 2.45) is 11.7 Å². The van der Waals surface area contributed by atoms with E-state index in [1.165, 1.54) is 7.11 Å². The van der Waals surface area contributed by atoms with Crippen LogP contribution in [0.2, 0.25) is 0 Å². The summed E-state index contributed by atoms with van der Waals surface area (Å²) < 4.78 is 16.6. The zero-order valence-corrected chi connectivity index (χ0v) is 22.2. The largest absolute Gasteiger partial charge is 0.493 e. The number of carbonyl (C=O) groups excluding carboxylic acids is 3. The second-order valence-electron chi connectivity index (χ2n) is 9.85. The third kappa shape index (κ3) is 6.66. The van der Waals surface area contributed by atoms with Gasteiger partial charge in [-0.15, -0.1) is 0 Å². The van der Waals surface area contributed by atoms with Crippen LogP contribution in [0, 0.1) is 5.92 Å². The Hall–Kier alpha value is -3.01. The molecular formula is C27H41N3O7. The summed E-state index contributed by atoms with van der Waals surface area (Å²) in [5, 5.41) is 11.9. The molecule has 206 valence electrons. The molecule has 1 saturated heterocycles. The molecule has 4 N–H and O–H groups in total. The van der Waals surface area contributed by atoms with E-state index in [0.29, 0.717) is 30.2 Å². The molecule has 3 atom stereocenters. The Kier molecular flexibility index (Phi) is 10.4. The Bertz CT molecular complexity index is 923.